The van der Waals surface area contributed by atoms with Crippen molar-refractivity contribution in [2.45, 2.75) is 27.2 Å². The normalized spacial score (nSPS) is 14.5. The lowest BCUT2D eigenvalue weighted by molar-refractivity contribution is 0.0740. The Balaban J connectivity index is 1.61. The van der Waals surface area contributed by atoms with E-state index in [1.165, 1.54) is 5.69 Å². The molecule has 6 nitrogen and oxygen atoms in total. The molecule has 2 heterocycles. The smallest absolute Gasteiger partial charge is 0.272 e. The van der Waals surface area contributed by atoms with Crippen molar-refractivity contribution in [2.24, 2.45) is 5.92 Å². The second kappa shape index (κ2) is 8.84. The molecule has 1 aromatic heterocycles. The third-order valence-corrected chi connectivity index (χ3v) is 4.77. The van der Waals surface area contributed by atoms with Crippen molar-refractivity contribution in [3.63, 3.8) is 0 Å². The van der Waals surface area contributed by atoms with Crippen molar-refractivity contribution < 1.29 is 4.79 Å². The predicted molar refractivity (Wildman–Crippen MR) is 109 cm³/mol. The van der Waals surface area contributed by atoms with Crippen molar-refractivity contribution in [3.05, 3.63) is 47.9 Å². The molecule has 1 fully saturated rings. The van der Waals surface area contributed by atoms with Crippen LogP contribution in [0.1, 0.15) is 36.6 Å². The van der Waals surface area contributed by atoms with E-state index < -0.39 is 0 Å². The van der Waals surface area contributed by atoms with E-state index in [2.05, 4.69) is 46.2 Å². The number of hydrogen-bond donors (Lipinski definition) is 1. The highest BCUT2D eigenvalue weighted by Gasteiger charge is 2.23. The Hall–Kier alpha value is -2.63. The lowest BCUT2D eigenvalue weighted by Crippen LogP contribution is -2.49. The molecule has 6 heteroatoms. The van der Waals surface area contributed by atoms with Crippen LogP contribution in [0.25, 0.3) is 0 Å². The molecule has 1 N–H and O–H groups in total. The number of carbonyl (C=O) groups excluding carboxylic acids is 1. The number of benzene rings is 1. The average molecular weight is 367 g/mol. The molecule has 27 heavy (non-hydrogen) atoms. The van der Waals surface area contributed by atoms with E-state index in [-0.39, 0.29) is 5.91 Å². The number of amides is 1. The van der Waals surface area contributed by atoms with Crippen LogP contribution < -0.4 is 10.2 Å². The third kappa shape index (κ3) is 5.18. The molecule has 0 aliphatic carbocycles. The minimum Gasteiger partial charge on any atom is -0.370 e. The van der Waals surface area contributed by atoms with Gasteiger partial charge < -0.3 is 15.1 Å². The third-order valence-electron chi connectivity index (χ3n) is 4.77. The molecule has 1 amide bonds. The molecule has 0 atom stereocenters. The summed E-state index contributed by atoms with van der Waals surface area (Å²) in [6.45, 7) is 10.1. The zero-order valence-corrected chi connectivity index (χ0v) is 16.5. The van der Waals surface area contributed by atoms with Crippen LogP contribution in [0.2, 0.25) is 0 Å². The first-order valence-corrected chi connectivity index (χ1v) is 9.72. The van der Waals surface area contributed by atoms with E-state index in [1.54, 1.807) is 6.07 Å². The van der Waals surface area contributed by atoms with Gasteiger partial charge in [-0.05, 0) is 31.4 Å². The molecule has 0 radical (unpaired) electrons. The van der Waals surface area contributed by atoms with Gasteiger partial charge in [0.1, 0.15) is 17.3 Å². The van der Waals surface area contributed by atoms with Crippen LogP contribution in [0.4, 0.5) is 11.5 Å². The summed E-state index contributed by atoms with van der Waals surface area (Å²) < 4.78 is 0. The Bertz CT molecular complexity index is 754. The van der Waals surface area contributed by atoms with E-state index >= 15 is 0 Å². The average Bonchev–Trinajstić information content (AvgIpc) is 2.67. The van der Waals surface area contributed by atoms with Crippen molar-refractivity contribution >= 4 is 17.4 Å². The van der Waals surface area contributed by atoms with E-state index in [4.69, 9.17) is 0 Å². The number of piperazine rings is 1. The number of anilines is 2. The van der Waals surface area contributed by atoms with Crippen molar-refractivity contribution in [1.82, 2.24) is 14.9 Å². The number of rotatable bonds is 6. The van der Waals surface area contributed by atoms with Gasteiger partial charge in [0, 0.05) is 44.5 Å². The minimum absolute atomic E-state index is 0.0138. The molecular formula is C21H29N5O. The molecule has 144 valence electrons. The van der Waals surface area contributed by atoms with Crippen molar-refractivity contribution in [2.75, 3.05) is 42.9 Å². The van der Waals surface area contributed by atoms with Gasteiger partial charge in [0.25, 0.3) is 5.91 Å². The van der Waals surface area contributed by atoms with E-state index in [0.29, 0.717) is 30.5 Å². The van der Waals surface area contributed by atoms with E-state index in [1.807, 2.05) is 30.0 Å². The second-order valence-electron chi connectivity index (χ2n) is 7.41. The summed E-state index contributed by atoms with van der Waals surface area (Å²) in [6, 6.07) is 12.1. The highest BCUT2D eigenvalue weighted by Crippen LogP contribution is 2.17. The predicted octanol–water partition coefficient (Wildman–Crippen LogP) is 3.21. The van der Waals surface area contributed by atoms with Crippen LogP contribution in [-0.4, -0.2) is 53.5 Å². The summed E-state index contributed by atoms with van der Waals surface area (Å²) >= 11 is 0. The standard InChI is InChI=1S/C21H29N5O/c1-16(2)9-10-22-20-15-19(23-17(3)24-20)21(27)26-13-11-25(12-14-26)18-7-5-4-6-8-18/h4-8,15-16H,9-14H2,1-3H3,(H,22,23,24). The Morgan fingerprint density at radius 1 is 1.11 bits per heavy atom. The molecule has 0 saturated carbocycles. The number of hydrogen-bond acceptors (Lipinski definition) is 5. The Morgan fingerprint density at radius 3 is 2.48 bits per heavy atom. The topological polar surface area (TPSA) is 61.4 Å². The first-order valence-electron chi connectivity index (χ1n) is 9.72. The second-order valence-corrected chi connectivity index (χ2v) is 7.41. The van der Waals surface area contributed by atoms with Gasteiger partial charge in [-0.1, -0.05) is 32.0 Å². The zero-order chi connectivity index (χ0) is 19.2. The largest absolute Gasteiger partial charge is 0.370 e. The highest BCUT2D eigenvalue weighted by atomic mass is 16.2. The van der Waals surface area contributed by atoms with Gasteiger partial charge in [-0.25, -0.2) is 9.97 Å². The summed E-state index contributed by atoms with van der Waals surface area (Å²) in [6.07, 6.45) is 1.06. The molecular weight excluding hydrogens is 338 g/mol. The highest BCUT2D eigenvalue weighted by molar-refractivity contribution is 5.93. The van der Waals surface area contributed by atoms with Crippen LogP contribution in [0, 0.1) is 12.8 Å². The van der Waals surface area contributed by atoms with Gasteiger partial charge in [-0.3, -0.25) is 4.79 Å². The van der Waals surface area contributed by atoms with Gasteiger partial charge in [0.15, 0.2) is 0 Å². The van der Waals surface area contributed by atoms with Crippen LogP contribution in [0.15, 0.2) is 36.4 Å². The number of nitrogens with zero attached hydrogens (tertiary/aromatic N) is 4. The van der Waals surface area contributed by atoms with Gasteiger partial charge >= 0.3 is 0 Å². The Morgan fingerprint density at radius 2 is 1.81 bits per heavy atom. The number of aryl methyl sites for hydroxylation is 1. The van der Waals surface area contributed by atoms with Crippen molar-refractivity contribution in [3.8, 4) is 0 Å². The summed E-state index contributed by atoms with van der Waals surface area (Å²) in [4.78, 5) is 25.9. The van der Waals surface area contributed by atoms with Gasteiger partial charge in [0.2, 0.25) is 0 Å². The maximum Gasteiger partial charge on any atom is 0.272 e. The number of carbonyl (C=O) groups is 1. The Labute approximate surface area is 161 Å². The molecule has 1 saturated heterocycles. The molecule has 3 rings (SSSR count). The monoisotopic (exact) mass is 367 g/mol. The summed E-state index contributed by atoms with van der Waals surface area (Å²) in [7, 11) is 0. The van der Waals surface area contributed by atoms with E-state index in [0.717, 1.165) is 31.9 Å². The minimum atomic E-state index is -0.0138. The zero-order valence-electron chi connectivity index (χ0n) is 16.5. The fraction of sp³-hybridized carbons (Fsp3) is 0.476. The summed E-state index contributed by atoms with van der Waals surface area (Å²) in [5, 5.41) is 3.31. The quantitative estimate of drug-likeness (QED) is 0.849. The lowest BCUT2D eigenvalue weighted by atomic mass is 10.1. The summed E-state index contributed by atoms with van der Waals surface area (Å²) in [5.74, 6) is 1.97. The maximum atomic E-state index is 12.9. The molecule has 1 aromatic carbocycles. The molecule has 0 bridgehead atoms. The SMILES string of the molecule is Cc1nc(NCCC(C)C)cc(C(=O)N2CCN(c3ccccc3)CC2)n1. The number of nitrogens with one attached hydrogen (secondary N) is 1. The molecule has 1 aliphatic heterocycles. The van der Waals surface area contributed by atoms with Crippen LogP contribution in [0.3, 0.4) is 0 Å². The van der Waals surface area contributed by atoms with Crippen molar-refractivity contribution in [1.29, 1.82) is 0 Å². The van der Waals surface area contributed by atoms with Crippen LogP contribution >= 0.6 is 0 Å². The first-order chi connectivity index (χ1) is 13.0. The molecule has 0 unspecified atom stereocenters. The number of para-hydroxylation sites is 1. The van der Waals surface area contributed by atoms with Gasteiger partial charge in [-0.2, -0.15) is 0 Å². The van der Waals surface area contributed by atoms with Gasteiger partial charge in [-0.15, -0.1) is 0 Å². The number of aromatic nitrogens is 2. The fourth-order valence-electron chi connectivity index (χ4n) is 3.23. The summed E-state index contributed by atoms with van der Waals surface area (Å²) in [5.41, 5.74) is 1.68. The van der Waals surface area contributed by atoms with Gasteiger partial charge in [0.05, 0.1) is 0 Å². The molecule has 0 spiro atoms. The molecule has 1 aliphatic rings. The first kappa shape index (κ1) is 19.1. The Kier molecular flexibility index (Phi) is 6.27. The molecule has 2 aromatic rings. The van der Waals surface area contributed by atoms with E-state index in [9.17, 15) is 4.79 Å². The van der Waals surface area contributed by atoms with Crippen LogP contribution in [0.5, 0.6) is 0 Å². The maximum absolute atomic E-state index is 12.9. The lowest BCUT2D eigenvalue weighted by Gasteiger charge is -2.36. The van der Waals surface area contributed by atoms with Crippen LogP contribution in [-0.2, 0) is 0 Å². The fourth-order valence-corrected chi connectivity index (χ4v) is 3.23.